The maximum Gasteiger partial charge on any atom is 0.153 e. The Morgan fingerprint density at radius 3 is 2.64 bits per heavy atom. The van der Waals surface area contributed by atoms with E-state index in [0.29, 0.717) is 5.57 Å². The fourth-order valence-corrected chi connectivity index (χ4v) is 0.736. The van der Waals surface area contributed by atoms with Crippen LogP contribution in [0.2, 0.25) is 0 Å². The van der Waals surface area contributed by atoms with Gasteiger partial charge in [-0.25, -0.2) is 4.39 Å². The van der Waals surface area contributed by atoms with Gasteiger partial charge in [-0.2, -0.15) is 0 Å². The first-order valence-corrected chi connectivity index (χ1v) is 3.74. The Morgan fingerprint density at radius 2 is 2.36 bits per heavy atom. The fraction of sp³-hybridized carbons (Fsp3) is 0.286. The third kappa shape index (κ3) is 3.28. The zero-order chi connectivity index (χ0) is 8.85. The van der Waals surface area contributed by atoms with Crippen LogP contribution in [-0.4, -0.2) is 19.2 Å². The van der Waals surface area contributed by atoms with E-state index in [1.54, 1.807) is 7.05 Å². The van der Waals surface area contributed by atoms with Gasteiger partial charge in [-0.3, -0.25) is 4.99 Å². The smallest absolute Gasteiger partial charge is 0.153 e. The van der Waals surface area contributed by atoms with Crippen molar-refractivity contribution in [3.63, 3.8) is 0 Å². The van der Waals surface area contributed by atoms with Crippen molar-refractivity contribution in [2.24, 2.45) is 10.7 Å². The molecule has 0 radical (unpaired) electrons. The van der Waals surface area contributed by atoms with E-state index in [0.717, 1.165) is 0 Å². The van der Waals surface area contributed by atoms with E-state index in [2.05, 4.69) is 11.6 Å². The van der Waals surface area contributed by atoms with E-state index in [1.807, 2.05) is 9.24 Å². The summed E-state index contributed by atoms with van der Waals surface area (Å²) in [6.45, 7) is 3.48. The first-order chi connectivity index (χ1) is 5.13. The molecule has 0 aromatic heterocycles. The highest BCUT2D eigenvalue weighted by atomic mass is 31.0. The Balaban J connectivity index is 4.67. The summed E-state index contributed by atoms with van der Waals surface area (Å²) in [5, 5.41) is 0. The lowest BCUT2D eigenvalue weighted by molar-refractivity contribution is 0.496. The minimum absolute atomic E-state index is 0.135. The van der Waals surface area contributed by atoms with Crippen molar-refractivity contribution < 1.29 is 4.39 Å². The number of hydrogen-bond acceptors (Lipinski definition) is 2. The second-order valence-corrected chi connectivity index (χ2v) is 2.49. The van der Waals surface area contributed by atoms with Crippen molar-refractivity contribution in [2.75, 3.05) is 7.05 Å². The summed E-state index contributed by atoms with van der Waals surface area (Å²) in [5.41, 5.74) is 6.04. The number of hydrogen-bond donors (Lipinski definition) is 1. The molecule has 0 aliphatic rings. The van der Waals surface area contributed by atoms with Gasteiger partial charge in [0.25, 0.3) is 0 Å². The minimum Gasteiger partial charge on any atom is -0.399 e. The predicted octanol–water partition coefficient (Wildman–Crippen LogP) is 1.26. The molecule has 2 atom stereocenters. The summed E-state index contributed by atoms with van der Waals surface area (Å²) in [7, 11) is 3.55. The molecule has 0 amide bonds. The van der Waals surface area contributed by atoms with Gasteiger partial charge in [0.15, 0.2) is 5.91 Å². The van der Waals surface area contributed by atoms with Crippen LogP contribution in [0.3, 0.4) is 0 Å². The molecule has 0 heterocycles. The third-order valence-electron chi connectivity index (χ3n) is 1.12. The first-order valence-electron chi connectivity index (χ1n) is 3.07. The van der Waals surface area contributed by atoms with Gasteiger partial charge >= 0.3 is 0 Å². The predicted molar refractivity (Wildman–Crippen MR) is 50.4 cm³/mol. The van der Waals surface area contributed by atoms with Crippen molar-refractivity contribution in [2.45, 2.75) is 5.91 Å². The quantitative estimate of drug-likeness (QED) is 0.390. The number of aliphatic imine (C=N–C) groups is 1. The standard InChI is InChI=1S/C7H12FN2P/c1-3-5(4-10-2)6(9)7(8)11/h3-4,7H,1,9,11H2,2H3. The molecular weight excluding hydrogens is 162 g/mol. The highest BCUT2D eigenvalue weighted by Crippen LogP contribution is 2.12. The summed E-state index contributed by atoms with van der Waals surface area (Å²) < 4.78 is 12.5. The summed E-state index contributed by atoms with van der Waals surface area (Å²) in [5.74, 6) is -1.24. The number of rotatable bonds is 3. The zero-order valence-electron chi connectivity index (χ0n) is 6.42. The molecule has 0 bridgehead atoms. The van der Waals surface area contributed by atoms with Gasteiger partial charge in [-0.05, 0) is 0 Å². The average Bonchev–Trinajstić information content (AvgIpc) is 1.98. The lowest BCUT2D eigenvalue weighted by atomic mass is 10.2. The normalized spacial score (nSPS) is 16.3. The minimum atomic E-state index is -1.24. The Bertz CT molecular complexity index is 197. The van der Waals surface area contributed by atoms with Crippen molar-refractivity contribution in [3.8, 4) is 0 Å². The Labute approximate surface area is 68.3 Å². The third-order valence-corrected chi connectivity index (χ3v) is 1.48. The summed E-state index contributed by atoms with van der Waals surface area (Å²) in [4.78, 5) is 3.70. The zero-order valence-corrected chi connectivity index (χ0v) is 7.57. The van der Waals surface area contributed by atoms with Crippen molar-refractivity contribution in [3.05, 3.63) is 23.9 Å². The molecule has 0 saturated carbocycles. The summed E-state index contributed by atoms with van der Waals surface area (Å²) in [6, 6.07) is 0. The molecule has 0 aromatic rings. The van der Waals surface area contributed by atoms with E-state index in [9.17, 15) is 4.39 Å². The number of allylic oxidation sites excluding steroid dienone is 3. The van der Waals surface area contributed by atoms with Gasteiger partial charge in [0.1, 0.15) is 0 Å². The Hall–Kier alpha value is -0.690. The Kier molecular flexibility index (Phi) is 4.71. The summed E-state index contributed by atoms with van der Waals surface area (Å²) in [6.07, 6.45) is 2.94. The average molecular weight is 174 g/mol. The number of alkyl halides is 1. The number of nitrogens with two attached hydrogens (primary N) is 1. The largest absolute Gasteiger partial charge is 0.399 e. The van der Waals surface area contributed by atoms with E-state index in [1.165, 1.54) is 12.3 Å². The van der Waals surface area contributed by atoms with Crippen molar-refractivity contribution in [1.29, 1.82) is 0 Å². The molecule has 62 valence electrons. The SMILES string of the molecule is C=CC(C=NC)=C(N)C(F)P. The van der Waals surface area contributed by atoms with E-state index >= 15 is 0 Å². The Morgan fingerprint density at radius 1 is 1.82 bits per heavy atom. The molecule has 0 aromatic carbocycles. The van der Waals surface area contributed by atoms with Crippen LogP contribution in [0.5, 0.6) is 0 Å². The highest BCUT2D eigenvalue weighted by Gasteiger charge is 2.04. The van der Waals surface area contributed by atoms with Crippen LogP contribution < -0.4 is 5.73 Å². The molecule has 11 heavy (non-hydrogen) atoms. The molecule has 2 N–H and O–H groups in total. The second-order valence-electron chi connectivity index (χ2n) is 1.90. The van der Waals surface area contributed by atoms with Crippen LogP contribution in [0.25, 0.3) is 0 Å². The molecule has 0 rings (SSSR count). The molecule has 0 aliphatic heterocycles. The van der Waals surface area contributed by atoms with Crippen LogP contribution in [0.1, 0.15) is 0 Å². The topological polar surface area (TPSA) is 38.4 Å². The van der Waals surface area contributed by atoms with Gasteiger partial charge in [0.05, 0.1) is 5.70 Å². The molecule has 0 fully saturated rings. The van der Waals surface area contributed by atoms with Crippen LogP contribution in [0, 0.1) is 0 Å². The van der Waals surface area contributed by atoms with Gasteiger partial charge in [0.2, 0.25) is 0 Å². The van der Waals surface area contributed by atoms with Crippen LogP contribution in [-0.2, 0) is 0 Å². The van der Waals surface area contributed by atoms with Crippen molar-refractivity contribution in [1.82, 2.24) is 0 Å². The lowest BCUT2D eigenvalue weighted by Crippen LogP contribution is -2.09. The maximum absolute atomic E-state index is 12.5. The van der Waals surface area contributed by atoms with Crippen LogP contribution in [0.4, 0.5) is 4.39 Å². The second kappa shape index (κ2) is 5.03. The van der Waals surface area contributed by atoms with E-state index in [-0.39, 0.29) is 5.70 Å². The lowest BCUT2D eigenvalue weighted by Gasteiger charge is -2.03. The van der Waals surface area contributed by atoms with Crippen molar-refractivity contribution >= 4 is 15.5 Å². The molecular formula is C7H12FN2P. The molecule has 4 heteroatoms. The first kappa shape index (κ1) is 10.3. The van der Waals surface area contributed by atoms with E-state index in [4.69, 9.17) is 5.73 Å². The van der Waals surface area contributed by atoms with Gasteiger partial charge in [0, 0.05) is 18.8 Å². The fourth-order valence-electron chi connectivity index (χ4n) is 0.543. The van der Waals surface area contributed by atoms with Gasteiger partial charge in [-0.15, -0.1) is 0 Å². The van der Waals surface area contributed by atoms with Gasteiger partial charge in [-0.1, -0.05) is 21.9 Å². The molecule has 0 spiro atoms. The molecule has 0 saturated heterocycles. The van der Waals surface area contributed by atoms with Gasteiger partial charge < -0.3 is 5.73 Å². The highest BCUT2D eigenvalue weighted by molar-refractivity contribution is 7.17. The number of halogens is 1. The van der Waals surface area contributed by atoms with E-state index < -0.39 is 5.91 Å². The van der Waals surface area contributed by atoms with Crippen LogP contribution in [0.15, 0.2) is 28.9 Å². The molecule has 0 aliphatic carbocycles. The molecule has 2 unspecified atom stereocenters. The maximum atomic E-state index is 12.5. The number of nitrogens with zero attached hydrogens (tertiary/aromatic N) is 1. The molecule has 2 nitrogen and oxygen atoms in total. The monoisotopic (exact) mass is 174 g/mol. The van der Waals surface area contributed by atoms with Crippen LogP contribution >= 0.6 is 9.24 Å². The summed E-state index contributed by atoms with van der Waals surface area (Å²) >= 11 is 0.